The van der Waals surface area contributed by atoms with Crippen LogP contribution in [-0.2, 0) is 15.1 Å². The number of hydrogen-bond acceptors (Lipinski definition) is 3. The normalized spacial score (nSPS) is 24.0. The zero-order chi connectivity index (χ0) is 18.9. The highest BCUT2D eigenvalue weighted by Gasteiger charge is 2.59. The van der Waals surface area contributed by atoms with Gasteiger partial charge in [-0.3, -0.25) is 14.5 Å². The third-order valence-corrected chi connectivity index (χ3v) is 5.44. The van der Waals surface area contributed by atoms with E-state index in [4.69, 9.17) is 0 Å². The van der Waals surface area contributed by atoms with Crippen molar-refractivity contribution in [1.29, 1.82) is 0 Å². The predicted octanol–water partition coefficient (Wildman–Crippen LogP) is 2.49. The molecule has 1 atom stereocenters. The van der Waals surface area contributed by atoms with Gasteiger partial charge in [0.25, 0.3) is 5.91 Å². The highest BCUT2D eigenvalue weighted by Crippen LogP contribution is 2.43. The molecule has 0 unspecified atom stereocenters. The molecular weight excluding hydrogens is 330 g/mol. The molecule has 140 valence electrons. The lowest BCUT2D eigenvalue weighted by atomic mass is 9.69. The molecule has 0 bridgehead atoms. The first-order valence-corrected chi connectivity index (χ1v) is 9.25. The molecule has 26 heavy (non-hydrogen) atoms. The van der Waals surface area contributed by atoms with Crippen molar-refractivity contribution in [2.45, 2.75) is 45.6 Å². The van der Waals surface area contributed by atoms with Gasteiger partial charge in [-0.05, 0) is 30.2 Å². The van der Waals surface area contributed by atoms with Crippen molar-refractivity contribution in [1.82, 2.24) is 15.1 Å². The summed E-state index contributed by atoms with van der Waals surface area (Å²) in [6.07, 6.45) is 3.07. The largest absolute Gasteiger partial charge is 0.341 e. The minimum absolute atomic E-state index is 0.161. The lowest BCUT2D eigenvalue weighted by Crippen LogP contribution is -2.54. The predicted molar refractivity (Wildman–Crippen MR) is 98.3 cm³/mol. The second kappa shape index (κ2) is 6.74. The van der Waals surface area contributed by atoms with Crippen LogP contribution in [0.15, 0.2) is 30.3 Å². The molecule has 6 nitrogen and oxygen atoms in total. The highest BCUT2D eigenvalue weighted by molar-refractivity contribution is 6.09. The first kappa shape index (κ1) is 18.4. The number of carbonyl (C=O) groups excluding carboxylic acids is 3. The van der Waals surface area contributed by atoms with Gasteiger partial charge in [0.2, 0.25) is 5.91 Å². The van der Waals surface area contributed by atoms with Crippen LogP contribution in [0.3, 0.4) is 0 Å². The fraction of sp³-hybridized carbons (Fsp3) is 0.550. The Bertz CT molecular complexity index is 705. The van der Waals surface area contributed by atoms with Crippen molar-refractivity contribution in [3.8, 4) is 0 Å². The molecule has 1 aromatic carbocycles. The number of piperidine rings is 1. The average molecular weight is 357 g/mol. The molecule has 6 heteroatoms. The summed E-state index contributed by atoms with van der Waals surface area (Å²) in [5.41, 5.74) is -0.990. The molecule has 1 aromatic rings. The smallest absolute Gasteiger partial charge is 0.325 e. The maximum atomic E-state index is 13.4. The number of carbonyl (C=O) groups is 3. The van der Waals surface area contributed by atoms with Gasteiger partial charge in [-0.15, -0.1) is 0 Å². The van der Waals surface area contributed by atoms with Crippen LogP contribution >= 0.6 is 0 Å². The van der Waals surface area contributed by atoms with E-state index in [9.17, 15) is 14.4 Å². The Morgan fingerprint density at radius 1 is 1.08 bits per heavy atom. The molecule has 3 rings (SSSR count). The first-order chi connectivity index (χ1) is 12.3. The fourth-order valence-electron chi connectivity index (χ4n) is 3.92. The Hall–Kier alpha value is -2.37. The van der Waals surface area contributed by atoms with E-state index in [1.165, 1.54) is 0 Å². The number of likely N-dealkylation sites (tertiary alicyclic amines) is 1. The summed E-state index contributed by atoms with van der Waals surface area (Å²) in [7, 11) is 0. The van der Waals surface area contributed by atoms with E-state index >= 15 is 0 Å². The van der Waals surface area contributed by atoms with Gasteiger partial charge in [0, 0.05) is 13.1 Å². The van der Waals surface area contributed by atoms with Crippen LogP contribution in [0, 0.1) is 5.41 Å². The molecule has 1 N–H and O–H groups in total. The van der Waals surface area contributed by atoms with Crippen LogP contribution in [0.5, 0.6) is 0 Å². The van der Waals surface area contributed by atoms with Crippen LogP contribution in [0.1, 0.15) is 45.6 Å². The zero-order valence-corrected chi connectivity index (χ0v) is 15.7. The van der Waals surface area contributed by atoms with Crippen molar-refractivity contribution >= 4 is 17.8 Å². The summed E-state index contributed by atoms with van der Waals surface area (Å²) < 4.78 is 0. The number of urea groups is 1. The summed E-state index contributed by atoms with van der Waals surface area (Å²) in [4.78, 5) is 41.5. The minimum atomic E-state index is -1.17. The number of benzene rings is 1. The average Bonchev–Trinajstić information content (AvgIpc) is 2.88. The van der Waals surface area contributed by atoms with Gasteiger partial charge < -0.3 is 10.2 Å². The number of amides is 4. The Balaban J connectivity index is 1.89. The van der Waals surface area contributed by atoms with E-state index < -0.39 is 17.0 Å². The van der Waals surface area contributed by atoms with Crippen molar-refractivity contribution in [2.24, 2.45) is 5.41 Å². The zero-order valence-electron chi connectivity index (χ0n) is 15.7. The third kappa shape index (κ3) is 2.97. The molecular formula is C20H27N3O3. The van der Waals surface area contributed by atoms with Gasteiger partial charge >= 0.3 is 6.03 Å². The Morgan fingerprint density at radius 2 is 1.69 bits per heavy atom. The topological polar surface area (TPSA) is 69.7 Å². The molecule has 0 radical (unpaired) electrons. The van der Waals surface area contributed by atoms with Crippen molar-refractivity contribution < 1.29 is 14.4 Å². The van der Waals surface area contributed by atoms with Crippen LogP contribution in [0.2, 0.25) is 0 Å². The SMILES string of the molecule is CC(C)(C)[C@@]1(c2ccccc2)NC(=O)N(CC(=O)N2CCCCC2)C1=O. The first-order valence-electron chi connectivity index (χ1n) is 9.25. The molecule has 0 aliphatic carbocycles. The van der Waals surface area contributed by atoms with Gasteiger partial charge in [-0.2, -0.15) is 0 Å². The molecule has 2 fully saturated rings. The number of nitrogens with one attached hydrogen (secondary N) is 1. The highest BCUT2D eigenvalue weighted by atomic mass is 16.2. The van der Waals surface area contributed by atoms with Crippen molar-refractivity contribution in [3.63, 3.8) is 0 Å². The second-order valence-corrected chi connectivity index (χ2v) is 8.13. The Morgan fingerprint density at radius 3 is 2.27 bits per heavy atom. The van der Waals surface area contributed by atoms with Crippen molar-refractivity contribution in [3.05, 3.63) is 35.9 Å². The van der Waals surface area contributed by atoms with E-state index in [-0.39, 0.29) is 18.4 Å². The molecule has 2 heterocycles. The number of rotatable bonds is 3. The van der Waals surface area contributed by atoms with Crippen LogP contribution < -0.4 is 5.32 Å². The monoisotopic (exact) mass is 357 g/mol. The van der Waals surface area contributed by atoms with Crippen molar-refractivity contribution in [2.75, 3.05) is 19.6 Å². The molecule has 2 saturated heterocycles. The number of hydrogen-bond donors (Lipinski definition) is 1. The van der Waals surface area contributed by atoms with Crippen LogP contribution in [0.4, 0.5) is 4.79 Å². The van der Waals surface area contributed by atoms with Gasteiger partial charge in [0.15, 0.2) is 5.54 Å². The quantitative estimate of drug-likeness (QED) is 0.845. The molecule has 0 spiro atoms. The maximum absolute atomic E-state index is 13.4. The summed E-state index contributed by atoms with van der Waals surface area (Å²) in [6, 6.07) is 8.77. The Kier molecular flexibility index (Phi) is 4.78. The fourth-order valence-corrected chi connectivity index (χ4v) is 3.92. The third-order valence-electron chi connectivity index (χ3n) is 5.44. The number of nitrogens with zero attached hydrogens (tertiary/aromatic N) is 2. The van der Waals surface area contributed by atoms with Gasteiger partial charge in [-0.25, -0.2) is 4.79 Å². The van der Waals surface area contributed by atoms with E-state index in [0.29, 0.717) is 13.1 Å². The molecule has 4 amide bonds. The summed E-state index contributed by atoms with van der Waals surface area (Å²) in [5, 5.41) is 2.90. The molecule has 0 aromatic heterocycles. The lowest BCUT2D eigenvalue weighted by molar-refractivity contribution is -0.141. The Labute approximate surface area is 154 Å². The van der Waals surface area contributed by atoms with Crippen LogP contribution in [-0.4, -0.2) is 47.3 Å². The second-order valence-electron chi connectivity index (χ2n) is 8.13. The van der Waals surface area contributed by atoms with Crippen LogP contribution in [0.25, 0.3) is 0 Å². The van der Waals surface area contributed by atoms with Gasteiger partial charge in [-0.1, -0.05) is 51.1 Å². The van der Waals surface area contributed by atoms with E-state index in [2.05, 4.69) is 5.32 Å². The molecule has 2 aliphatic heterocycles. The molecule has 2 aliphatic rings. The lowest BCUT2D eigenvalue weighted by Gasteiger charge is -2.39. The van der Waals surface area contributed by atoms with E-state index in [1.54, 1.807) is 4.90 Å². The van der Waals surface area contributed by atoms with Gasteiger partial charge in [0.1, 0.15) is 6.54 Å². The van der Waals surface area contributed by atoms with E-state index in [1.807, 2.05) is 51.1 Å². The minimum Gasteiger partial charge on any atom is -0.341 e. The standard InChI is InChI=1S/C20H27N3O3/c1-19(2,3)20(15-10-6-4-7-11-15)17(25)23(18(26)21-20)14-16(24)22-12-8-5-9-13-22/h4,6-7,10-11H,5,8-9,12-14H2,1-3H3,(H,21,26)/t20-/m0/s1. The summed E-state index contributed by atoms with van der Waals surface area (Å²) >= 11 is 0. The van der Waals surface area contributed by atoms with E-state index in [0.717, 1.165) is 29.7 Å². The summed E-state index contributed by atoms with van der Waals surface area (Å²) in [5.74, 6) is -0.516. The summed E-state index contributed by atoms with van der Waals surface area (Å²) in [6.45, 7) is 6.98. The molecule has 0 saturated carbocycles. The maximum Gasteiger partial charge on any atom is 0.325 e. The van der Waals surface area contributed by atoms with Gasteiger partial charge in [0.05, 0.1) is 0 Å². The number of imide groups is 1.